The number of nitrogens with one attached hydrogen (secondary N) is 2. The second-order valence-corrected chi connectivity index (χ2v) is 5.66. The molecule has 1 aromatic heterocycles. The summed E-state index contributed by atoms with van der Waals surface area (Å²) in [6, 6.07) is 14.7. The molecule has 1 heterocycles. The lowest BCUT2D eigenvalue weighted by molar-refractivity contribution is 0.613. The molecule has 0 aliphatic rings. The smallest absolute Gasteiger partial charge is 0.225 e. The van der Waals surface area contributed by atoms with Crippen LogP contribution in [0.3, 0.4) is 0 Å². The van der Waals surface area contributed by atoms with Crippen molar-refractivity contribution in [2.24, 2.45) is 0 Å². The van der Waals surface area contributed by atoms with Crippen LogP contribution in [0.2, 0.25) is 0 Å². The van der Waals surface area contributed by atoms with Gasteiger partial charge in [-0.3, -0.25) is 0 Å². The van der Waals surface area contributed by atoms with Gasteiger partial charge in [-0.1, -0.05) is 30.3 Å². The molecular formula is C18H19FN4. The molecule has 118 valence electrons. The van der Waals surface area contributed by atoms with Gasteiger partial charge < -0.3 is 10.6 Å². The number of anilines is 2. The highest BCUT2D eigenvalue weighted by Crippen LogP contribution is 2.23. The molecule has 0 unspecified atom stereocenters. The van der Waals surface area contributed by atoms with Crippen molar-refractivity contribution in [3.05, 3.63) is 59.9 Å². The van der Waals surface area contributed by atoms with Gasteiger partial charge in [-0.15, -0.1) is 0 Å². The summed E-state index contributed by atoms with van der Waals surface area (Å²) in [5.41, 5.74) is 1.45. The zero-order valence-corrected chi connectivity index (χ0v) is 13.2. The molecule has 0 saturated heterocycles. The van der Waals surface area contributed by atoms with Gasteiger partial charge in [0, 0.05) is 23.5 Å². The summed E-state index contributed by atoms with van der Waals surface area (Å²) < 4.78 is 13.8. The van der Waals surface area contributed by atoms with E-state index >= 15 is 0 Å². The monoisotopic (exact) mass is 310 g/mol. The summed E-state index contributed by atoms with van der Waals surface area (Å²) in [6.45, 7) is 4.44. The fourth-order valence-electron chi connectivity index (χ4n) is 2.35. The molecule has 2 N–H and O–H groups in total. The quantitative estimate of drug-likeness (QED) is 0.741. The molecule has 0 bridgehead atoms. The molecule has 0 amide bonds. The van der Waals surface area contributed by atoms with Crippen molar-refractivity contribution in [3.8, 4) is 0 Å². The Morgan fingerprint density at radius 2 is 1.74 bits per heavy atom. The van der Waals surface area contributed by atoms with E-state index in [1.165, 1.54) is 6.07 Å². The molecule has 2 aromatic carbocycles. The van der Waals surface area contributed by atoms with Gasteiger partial charge in [-0.25, -0.2) is 9.37 Å². The molecule has 0 atom stereocenters. The SMILES string of the molecule is CC(C)Nc1nc(NCc2ccccc2F)c2ccccc2n1. The van der Waals surface area contributed by atoms with Crippen molar-refractivity contribution in [3.63, 3.8) is 0 Å². The van der Waals surface area contributed by atoms with E-state index < -0.39 is 0 Å². The van der Waals surface area contributed by atoms with Crippen molar-refractivity contribution in [1.29, 1.82) is 0 Å². The maximum Gasteiger partial charge on any atom is 0.225 e. The predicted molar refractivity (Wildman–Crippen MR) is 92.0 cm³/mol. The normalized spacial score (nSPS) is 11.0. The number of halogens is 1. The summed E-state index contributed by atoms with van der Waals surface area (Å²) >= 11 is 0. The highest BCUT2D eigenvalue weighted by molar-refractivity contribution is 5.90. The van der Waals surface area contributed by atoms with Crippen LogP contribution < -0.4 is 10.6 Å². The Kier molecular flexibility index (Phi) is 4.37. The van der Waals surface area contributed by atoms with Crippen molar-refractivity contribution < 1.29 is 4.39 Å². The van der Waals surface area contributed by atoms with E-state index in [9.17, 15) is 4.39 Å². The molecule has 3 aromatic rings. The van der Waals surface area contributed by atoms with Gasteiger partial charge in [0.2, 0.25) is 5.95 Å². The standard InChI is InChI=1S/C18H19FN4/c1-12(2)21-18-22-16-10-6-4-8-14(16)17(23-18)20-11-13-7-3-5-9-15(13)19/h3-10,12H,11H2,1-2H3,(H2,20,21,22,23). The third kappa shape index (κ3) is 3.56. The van der Waals surface area contributed by atoms with Crippen LogP contribution in [0.1, 0.15) is 19.4 Å². The number of benzene rings is 2. The molecule has 0 fully saturated rings. The summed E-state index contributed by atoms with van der Waals surface area (Å²) in [4.78, 5) is 9.04. The van der Waals surface area contributed by atoms with E-state index in [2.05, 4.69) is 20.6 Å². The Balaban J connectivity index is 1.93. The average molecular weight is 310 g/mol. The lowest BCUT2D eigenvalue weighted by atomic mass is 10.2. The molecular weight excluding hydrogens is 291 g/mol. The third-order valence-electron chi connectivity index (χ3n) is 3.43. The second kappa shape index (κ2) is 6.60. The summed E-state index contributed by atoms with van der Waals surface area (Å²) in [5.74, 6) is 1.04. The van der Waals surface area contributed by atoms with Gasteiger partial charge in [0.1, 0.15) is 11.6 Å². The lowest BCUT2D eigenvalue weighted by Gasteiger charge is -2.13. The van der Waals surface area contributed by atoms with Gasteiger partial charge in [0.05, 0.1) is 5.52 Å². The van der Waals surface area contributed by atoms with Crippen LogP contribution in [0.15, 0.2) is 48.5 Å². The summed E-state index contributed by atoms with van der Waals surface area (Å²) in [6.07, 6.45) is 0. The fourth-order valence-corrected chi connectivity index (χ4v) is 2.35. The first-order valence-corrected chi connectivity index (χ1v) is 7.64. The van der Waals surface area contributed by atoms with Gasteiger partial charge in [-0.2, -0.15) is 4.98 Å². The van der Waals surface area contributed by atoms with Gasteiger partial charge in [0.15, 0.2) is 0 Å². The van der Waals surface area contributed by atoms with Crippen LogP contribution in [0.4, 0.5) is 16.2 Å². The molecule has 0 saturated carbocycles. The van der Waals surface area contributed by atoms with E-state index in [-0.39, 0.29) is 11.9 Å². The Morgan fingerprint density at radius 1 is 1.00 bits per heavy atom. The zero-order chi connectivity index (χ0) is 16.2. The summed E-state index contributed by atoms with van der Waals surface area (Å²) in [7, 11) is 0. The molecule has 0 aliphatic heterocycles. The Bertz CT molecular complexity index is 817. The maximum atomic E-state index is 13.8. The average Bonchev–Trinajstić information content (AvgIpc) is 2.53. The van der Waals surface area contributed by atoms with Crippen LogP contribution >= 0.6 is 0 Å². The molecule has 0 aliphatic carbocycles. The minimum atomic E-state index is -0.223. The summed E-state index contributed by atoms with van der Waals surface area (Å²) in [5, 5.41) is 7.35. The maximum absolute atomic E-state index is 13.8. The molecule has 5 heteroatoms. The van der Waals surface area contributed by atoms with E-state index in [1.54, 1.807) is 12.1 Å². The minimum absolute atomic E-state index is 0.223. The van der Waals surface area contributed by atoms with Crippen LogP contribution in [-0.4, -0.2) is 16.0 Å². The highest BCUT2D eigenvalue weighted by Gasteiger charge is 2.09. The zero-order valence-electron chi connectivity index (χ0n) is 13.2. The lowest BCUT2D eigenvalue weighted by Crippen LogP contribution is -2.14. The molecule has 0 spiro atoms. The Morgan fingerprint density at radius 3 is 2.52 bits per heavy atom. The highest BCUT2D eigenvalue weighted by atomic mass is 19.1. The van der Waals surface area contributed by atoms with Crippen LogP contribution in [0.5, 0.6) is 0 Å². The number of hydrogen-bond donors (Lipinski definition) is 2. The first-order chi connectivity index (χ1) is 11.1. The van der Waals surface area contributed by atoms with Crippen molar-refractivity contribution in [1.82, 2.24) is 9.97 Å². The van der Waals surface area contributed by atoms with Crippen molar-refractivity contribution in [2.45, 2.75) is 26.4 Å². The number of para-hydroxylation sites is 1. The molecule has 0 radical (unpaired) electrons. The molecule has 4 nitrogen and oxygen atoms in total. The Hall–Kier alpha value is -2.69. The van der Waals surface area contributed by atoms with Crippen LogP contribution in [0, 0.1) is 5.82 Å². The number of fused-ring (bicyclic) bond motifs is 1. The first kappa shape index (κ1) is 15.2. The topological polar surface area (TPSA) is 49.8 Å². The van der Waals surface area contributed by atoms with Crippen molar-refractivity contribution >= 4 is 22.7 Å². The number of hydrogen-bond acceptors (Lipinski definition) is 4. The molecule has 3 rings (SSSR count). The first-order valence-electron chi connectivity index (χ1n) is 7.64. The van der Waals surface area contributed by atoms with E-state index in [4.69, 9.17) is 0 Å². The van der Waals surface area contributed by atoms with E-state index in [1.807, 2.05) is 44.2 Å². The Labute approximate surface area is 134 Å². The second-order valence-electron chi connectivity index (χ2n) is 5.66. The van der Waals surface area contributed by atoms with Gasteiger partial charge >= 0.3 is 0 Å². The predicted octanol–water partition coefficient (Wildman–Crippen LogP) is 4.20. The van der Waals surface area contributed by atoms with Crippen LogP contribution in [0.25, 0.3) is 10.9 Å². The van der Waals surface area contributed by atoms with E-state index in [0.29, 0.717) is 23.9 Å². The van der Waals surface area contributed by atoms with Crippen molar-refractivity contribution in [2.75, 3.05) is 10.6 Å². The molecule has 23 heavy (non-hydrogen) atoms. The largest absolute Gasteiger partial charge is 0.365 e. The number of aromatic nitrogens is 2. The number of nitrogens with zero attached hydrogens (tertiary/aromatic N) is 2. The van der Waals surface area contributed by atoms with Gasteiger partial charge in [0.25, 0.3) is 0 Å². The number of rotatable bonds is 5. The van der Waals surface area contributed by atoms with E-state index in [0.717, 1.165) is 10.9 Å². The van der Waals surface area contributed by atoms with Crippen LogP contribution in [-0.2, 0) is 6.54 Å². The minimum Gasteiger partial charge on any atom is -0.365 e. The third-order valence-corrected chi connectivity index (χ3v) is 3.43. The van der Waals surface area contributed by atoms with Gasteiger partial charge in [-0.05, 0) is 32.0 Å². The fraction of sp³-hybridized carbons (Fsp3) is 0.222.